The topological polar surface area (TPSA) is 34.1 Å². The van der Waals surface area contributed by atoms with Gasteiger partial charge in [-0.2, -0.15) is 0 Å². The highest BCUT2D eigenvalue weighted by atomic mass is 35.5. The Bertz CT molecular complexity index is 679. The molecule has 2 nitrogen and oxygen atoms in total. The number of rotatable bonds is 2. The van der Waals surface area contributed by atoms with Crippen molar-refractivity contribution in [3.63, 3.8) is 0 Å². The van der Waals surface area contributed by atoms with Crippen LogP contribution in [-0.4, -0.2) is 16.8 Å². The summed E-state index contributed by atoms with van der Waals surface area (Å²) >= 11 is 7.46. The fraction of sp³-hybridized carbons (Fsp3) is 0.700. The van der Waals surface area contributed by atoms with E-state index in [1.54, 1.807) is 0 Å². The van der Waals surface area contributed by atoms with E-state index in [-0.39, 0.29) is 16.6 Å². The van der Waals surface area contributed by atoms with E-state index in [4.69, 9.17) is 11.6 Å². The van der Waals surface area contributed by atoms with Crippen LogP contribution in [0.3, 0.4) is 0 Å². The van der Waals surface area contributed by atoms with E-state index in [0.29, 0.717) is 29.3 Å². The van der Waals surface area contributed by atoms with Gasteiger partial charge < -0.3 is 0 Å². The predicted molar refractivity (Wildman–Crippen MR) is 98.9 cm³/mol. The van der Waals surface area contributed by atoms with Crippen molar-refractivity contribution >= 4 is 34.9 Å². The molecule has 0 spiro atoms. The van der Waals surface area contributed by atoms with Crippen LogP contribution in [0, 0.1) is 22.7 Å². The fourth-order valence-electron chi connectivity index (χ4n) is 5.97. The van der Waals surface area contributed by atoms with Gasteiger partial charge in [0.25, 0.3) is 0 Å². The molecule has 4 rings (SSSR count). The van der Waals surface area contributed by atoms with Crippen LogP contribution < -0.4 is 0 Å². The number of Topliss-reactive ketones (excluding diaryl/α,β-unsaturated/α-hetero) is 2. The first-order valence-electron chi connectivity index (χ1n) is 9.11. The number of ketones is 2. The Kier molecular flexibility index (Phi) is 4.04. The molecule has 0 aromatic heterocycles. The van der Waals surface area contributed by atoms with Gasteiger partial charge in [0, 0.05) is 23.7 Å². The van der Waals surface area contributed by atoms with Crippen LogP contribution in [0.25, 0.3) is 0 Å². The van der Waals surface area contributed by atoms with Crippen LogP contribution in [0.15, 0.2) is 22.1 Å². The molecular weight excluding hydrogens is 340 g/mol. The highest BCUT2D eigenvalue weighted by molar-refractivity contribution is 8.05. The van der Waals surface area contributed by atoms with E-state index >= 15 is 0 Å². The number of hydrogen-bond donors (Lipinski definition) is 0. The van der Waals surface area contributed by atoms with Crippen molar-refractivity contribution in [3.05, 3.63) is 22.1 Å². The van der Waals surface area contributed by atoms with Crippen LogP contribution >= 0.6 is 23.4 Å². The molecular formula is C20H25ClO2S. The molecule has 4 aliphatic rings. The molecule has 0 unspecified atom stereocenters. The number of hydrogen-bond acceptors (Lipinski definition) is 3. The lowest BCUT2D eigenvalue weighted by Crippen LogP contribution is -2.45. The zero-order valence-corrected chi connectivity index (χ0v) is 16.1. The fourth-order valence-corrected chi connectivity index (χ4v) is 7.17. The molecule has 4 atom stereocenters. The summed E-state index contributed by atoms with van der Waals surface area (Å²) in [5, 5.41) is 0.443. The lowest BCUT2D eigenvalue weighted by Gasteiger charge is -2.52. The molecule has 0 radical (unpaired) electrons. The molecule has 0 aromatic carbocycles. The SMILES string of the molecule is C[C@]12CCC(=O)C(SCCl)=C1CC[C@@H]1C2=CC[C@]2(C)C(=O)CC[C@@H]12. The van der Waals surface area contributed by atoms with Gasteiger partial charge in [-0.05, 0) is 49.5 Å². The van der Waals surface area contributed by atoms with Crippen molar-refractivity contribution in [3.8, 4) is 0 Å². The Morgan fingerprint density at radius 1 is 1.21 bits per heavy atom. The zero-order valence-electron chi connectivity index (χ0n) is 14.5. The molecule has 2 fully saturated rings. The quantitative estimate of drug-likeness (QED) is 0.494. The first-order chi connectivity index (χ1) is 11.4. The molecule has 2 saturated carbocycles. The molecule has 0 N–H and O–H groups in total. The number of thioether (sulfide) groups is 1. The Morgan fingerprint density at radius 3 is 2.75 bits per heavy atom. The minimum atomic E-state index is -0.135. The molecule has 0 aliphatic heterocycles. The van der Waals surface area contributed by atoms with E-state index in [1.807, 2.05) is 0 Å². The second-order valence-corrected chi connectivity index (χ2v) is 9.88. The lowest BCUT2D eigenvalue weighted by atomic mass is 9.52. The monoisotopic (exact) mass is 364 g/mol. The molecule has 0 amide bonds. The van der Waals surface area contributed by atoms with Gasteiger partial charge in [0.2, 0.25) is 0 Å². The number of allylic oxidation sites excluding steroid dienone is 4. The highest BCUT2D eigenvalue weighted by Crippen LogP contribution is 2.63. The van der Waals surface area contributed by atoms with E-state index in [2.05, 4.69) is 19.9 Å². The van der Waals surface area contributed by atoms with E-state index < -0.39 is 0 Å². The largest absolute Gasteiger partial charge is 0.299 e. The maximum absolute atomic E-state index is 12.4. The first-order valence-corrected chi connectivity index (χ1v) is 10.6. The van der Waals surface area contributed by atoms with Gasteiger partial charge in [-0.25, -0.2) is 0 Å². The van der Waals surface area contributed by atoms with Crippen LogP contribution in [0.1, 0.15) is 58.8 Å². The van der Waals surface area contributed by atoms with Gasteiger partial charge in [-0.1, -0.05) is 25.5 Å². The summed E-state index contributed by atoms with van der Waals surface area (Å²) in [6, 6.07) is 0. The summed E-state index contributed by atoms with van der Waals surface area (Å²) in [5.41, 5.74) is 2.74. The minimum Gasteiger partial charge on any atom is -0.299 e. The Hall–Kier alpha value is -0.540. The van der Waals surface area contributed by atoms with Crippen LogP contribution in [0.5, 0.6) is 0 Å². The summed E-state index contributed by atoms with van der Waals surface area (Å²) in [5.74, 6) is 1.78. The summed E-state index contributed by atoms with van der Waals surface area (Å²) < 4.78 is 0. The Morgan fingerprint density at radius 2 is 2.00 bits per heavy atom. The minimum absolute atomic E-state index is 0.0121. The van der Waals surface area contributed by atoms with Crippen molar-refractivity contribution in [2.24, 2.45) is 22.7 Å². The summed E-state index contributed by atoms with van der Waals surface area (Å²) in [4.78, 5) is 25.8. The van der Waals surface area contributed by atoms with Gasteiger partial charge >= 0.3 is 0 Å². The summed E-state index contributed by atoms with van der Waals surface area (Å²) in [7, 11) is 0. The number of alkyl halides is 1. The first kappa shape index (κ1) is 16.9. The van der Waals surface area contributed by atoms with Crippen molar-refractivity contribution in [1.29, 1.82) is 0 Å². The number of carbonyl (C=O) groups excluding carboxylic acids is 2. The Balaban J connectivity index is 1.79. The third-order valence-electron chi connectivity index (χ3n) is 7.36. The van der Waals surface area contributed by atoms with Gasteiger partial charge in [0.05, 0.1) is 10.1 Å². The van der Waals surface area contributed by atoms with Crippen molar-refractivity contribution in [2.45, 2.75) is 58.8 Å². The maximum Gasteiger partial charge on any atom is 0.169 e. The standard InChI is InChI=1S/C20H25ClO2S/c1-19-10-8-16(22)18(24-11-21)15(19)4-3-12-13-5-6-17(23)20(13,2)9-7-14(12)19/h7,12-13H,3-6,8-11H2,1-2H3/t12-,13-,19+,20-/m0/s1. The zero-order chi connectivity index (χ0) is 17.1. The van der Waals surface area contributed by atoms with Gasteiger partial charge in [0.1, 0.15) is 5.78 Å². The van der Waals surface area contributed by atoms with Crippen LogP contribution in [0.4, 0.5) is 0 Å². The molecule has 0 saturated heterocycles. The van der Waals surface area contributed by atoms with E-state index in [9.17, 15) is 9.59 Å². The molecule has 0 bridgehead atoms. The smallest absolute Gasteiger partial charge is 0.169 e. The average Bonchev–Trinajstić information content (AvgIpc) is 2.86. The van der Waals surface area contributed by atoms with Crippen molar-refractivity contribution < 1.29 is 9.59 Å². The molecule has 24 heavy (non-hydrogen) atoms. The molecule has 0 heterocycles. The van der Waals surface area contributed by atoms with Crippen molar-refractivity contribution in [1.82, 2.24) is 0 Å². The molecule has 0 aromatic rings. The van der Waals surface area contributed by atoms with E-state index in [1.165, 1.54) is 22.9 Å². The predicted octanol–water partition coefficient (Wildman–Crippen LogP) is 5.26. The van der Waals surface area contributed by atoms with Gasteiger partial charge in [0.15, 0.2) is 5.78 Å². The number of fused-ring (bicyclic) bond motifs is 5. The third kappa shape index (κ3) is 2.16. The number of carbonyl (C=O) groups is 2. The molecule has 4 aliphatic carbocycles. The van der Waals surface area contributed by atoms with E-state index in [0.717, 1.165) is 43.4 Å². The lowest BCUT2D eigenvalue weighted by molar-refractivity contribution is -0.127. The van der Waals surface area contributed by atoms with Gasteiger partial charge in [-0.3, -0.25) is 9.59 Å². The second-order valence-electron chi connectivity index (χ2n) is 8.31. The highest BCUT2D eigenvalue weighted by Gasteiger charge is 2.56. The summed E-state index contributed by atoms with van der Waals surface area (Å²) in [6.45, 7) is 4.52. The van der Waals surface area contributed by atoms with Gasteiger partial charge in [-0.15, -0.1) is 23.4 Å². The molecule has 4 heteroatoms. The molecule has 130 valence electrons. The third-order valence-corrected chi connectivity index (χ3v) is 8.55. The normalized spacial score (nSPS) is 41.7. The maximum atomic E-state index is 12.4. The number of halogens is 1. The van der Waals surface area contributed by atoms with Crippen molar-refractivity contribution in [2.75, 3.05) is 5.21 Å². The average molecular weight is 365 g/mol. The second kappa shape index (κ2) is 5.74. The summed E-state index contributed by atoms with van der Waals surface area (Å²) in [6.07, 6.45) is 8.70. The van der Waals surface area contributed by atoms with Crippen LogP contribution in [0.2, 0.25) is 0 Å². The van der Waals surface area contributed by atoms with Crippen LogP contribution in [-0.2, 0) is 9.59 Å². The Labute approximate surface area is 153 Å².